The summed E-state index contributed by atoms with van der Waals surface area (Å²) < 4.78 is 0. The number of nitrogens with one attached hydrogen (secondary N) is 1. The lowest BCUT2D eigenvalue weighted by Gasteiger charge is -2.35. The van der Waals surface area contributed by atoms with Gasteiger partial charge in [-0.3, -0.25) is 4.79 Å². The van der Waals surface area contributed by atoms with E-state index >= 15 is 0 Å². The maximum absolute atomic E-state index is 11.1. The zero-order chi connectivity index (χ0) is 10.9. The molecule has 78 valence electrons. The molecule has 2 N–H and O–H groups in total. The Kier molecular flexibility index (Phi) is 3.03. The summed E-state index contributed by atoms with van der Waals surface area (Å²) >= 11 is 0. The Bertz CT molecular complexity index is 295. The van der Waals surface area contributed by atoms with E-state index in [0.29, 0.717) is 0 Å². The first-order valence-corrected chi connectivity index (χ1v) is 8.32. The summed E-state index contributed by atoms with van der Waals surface area (Å²) in [6.45, 7) is 8.08. The summed E-state index contributed by atoms with van der Waals surface area (Å²) in [6, 6.07) is -0.144. The first-order valence-electron chi connectivity index (χ1n) is 4.82. The molecule has 1 saturated heterocycles. The largest absolute Gasteiger partial charge is 0.392 e. The van der Waals surface area contributed by atoms with E-state index in [1.807, 2.05) is 0 Å². The highest BCUT2D eigenvalue weighted by molar-refractivity contribution is 6.83. The predicted molar refractivity (Wildman–Crippen MR) is 58.2 cm³/mol. The molecule has 2 unspecified atom stereocenters. The van der Waals surface area contributed by atoms with Gasteiger partial charge in [-0.1, -0.05) is 25.6 Å². The molecule has 0 aromatic rings. The van der Waals surface area contributed by atoms with Crippen molar-refractivity contribution < 1.29 is 9.90 Å². The first-order chi connectivity index (χ1) is 6.31. The van der Waals surface area contributed by atoms with Crippen LogP contribution in [-0.2, 0) is 4.79 Å². The molecular weight excluding hydrogens is 194 g/mol. The topological polar surface area (TPSA) is 49.3 Å². The zero-order valence-electron chi connectivity index (χ0n) is 9.09. The Labute approximate surface area is 85.9 Å². The molecule has 0 aliphatic carbocycles. The van der Waals surface area contributed by atoms with Gasteiger partial charge in [0.2, 0.25) is 5.91 Å². The molecule has 4 heteroatoms. The van der Waals surface area contributed by atoms with E-state index in [1.165, 1.54) is 0 Å². The highest BCUT2D eigenvalue weighted by Gasteiger charge is 2.41. The molecule has 14 heavy (non-hydrogen) atoms. The number of β-lactam (4-membered cyclic amide) rings is 1. The highest BCUT2D eigenvalue weighted by Crippen LogP contribution is 2.18. The lowest BCUT2D eigenvalue weighted by Crippen LogP contribution is -2.61. The van der Waals surface area contributed by atoms with Gasteiger partial charge in [0.05, 0.1) is 12.0 Å². The van der Waals surface area contributed by atoms with Crippen molar-refractivity contribution in [3.63, 3.8) is 0 Å². The highest BCUT2D eigenvalue weighted by atomic mass is 28.3. The third-order valence-electron chi connectivity index (χ3n) is 2.08. The number of aliphatic hydroxyl groups excluding tert-OH is 1. The van der Waals surface area contributed by atoms with Crippen LogP contribution in [0.3, 0.4) is 0 Å². The normalized spacial score (nSPS) is 28.2. The van der Waals surface area contributed by atoms with Crippen molar-refractivity contribution in [1.82, 2.24) is 5.32 Å². The second-order valence-corrected chi connectivity index (χ2v) is 9.52. The van der Waals surface area contributed by atoms with Gasteiger partial charge in [0.15, 0.2) is 0 Å². The fourth-order valence-corrected chi connectivity index (χ4v) is 1.90. The van der Waals surface area contributed by atoms with Gasteiger partial charge in [-0.25, -0.2) is 0 Å². The molecule has 1 aliphatic rings. The molecule has 0 aromatic heterocycles. The SMILES string of the molecule is C[C@@H](O)C1C(=O)NC1C#C[Si](C)(C)C. The van der Waals surface area contributed by atoms with Gasteiger partial charge in [0.25, 0.3) is 0 Å². The van der Waals surface area contributed by atoms with E-state index in [2.05, 4.69) is 36.4 Å². The van der Waals surface area contributed by atoms with Gasteiger partial charge >= 0.3 is 0 Å². The van der Waals surface area contributed by atoms with E-state index < -0.39 is 14.2 Å². The van der Waals surface area contributed by atoms with Crippen LogP contribution in [0.1, 0.15) is 6.92 Å². The van der Waals surface area contributed by atoms with E-state index in [1.54, 1.807) is 6.92 Å². The summed E-state index contributed by atoms with van der Waals surface area (Å²) in [6.07, 6.45) is -0.607. The molecule has 1 heterocycles. The van der Waals surface area contributed by atoms with Crippen LogP contribution in [0.15, 0.2) is 0 Å². The smallest absolute Gasteiger partial charge is 0.229 e. The fourth-order valence-electron chi connectivity index (χ4n) is 1.31. The van der Waals surface area contributed by atoms with Crippen molar-refractivity contribution in [3.05, 3.63) is 0 Å². The number of rotatable bonds is 1. The Morgan fingerprint density at radius 2 is 2.07 bits per heavy atom. The Morgan fingerprint density at radius 1 is 1.50 bits per heavy atom. The van der Waals surface area contributed by atoms with Gasteiger partial charge < -0.3 is 10.4 Å². The number of hydrogen-bond acceptors (Lipinski definition) is 2. The van der Waals surface area contributed by atoms with Crippen molar-refractivity contribution in [1.29, 1.82) is 0 Å². The van der Waals surface area contributed by atoms with Crippen LogP contribution in [0.25, 0.3) is 0 Å². The molecule has 0 spiro atoms. The van der Waals surface area contributed by atoms with Gasteiger partial charge in [0, 0.05) is 0 Å². The zero-order valence-corrected chi connectivity index (χ0v) is 10.1. The van der Waals surface area contributed by atoms with Gasteiger partial charge in [0.1, 0.15) is 14.1 Å². The minimum atomic E-state index is -1.38. The van der Waals surface area contributed by atoms with Crippen LogP contribution < -0.4 is 5.32 Å². The number of hydrogen-bond donors (Lipinski definition) is 2. The van der Waals surface area contributed by atoms with Gasteiger partial charge in [-0.05, 0) is 6.92 Å². The van der Waals surface area contributed by atoms with E-state index in [9.17, 15) is 9.90 Å². The molecule has 1 rings (SSSR count). The van der Waals surface area contributed by atoms with Crippen LogP contribution in [0.5, 0.6) is 0 Å². The number of aliphatic hydroxyl groups is 1. The maximum Gasteiger partial charge on any atom is 0.229 e. The summed E-state index contributed by atoms with van der Waals surface area (Å²) in [5.41, 5.74) is 3.19. The van der Waals surface area contributed by atoms with Crippen LogP contribution in [-0.4, -0.2) is 31.2 Å². The summed E-state index contributed by atoms with van der Waals surface area (Å²) in [4.78, 5) is 11.1. The Morgan fingerprint density at radius 3 is 2.43 bits per heavy atom. The molecular formula is C10H17NO2Si. The molecule has 0 bridgehead atoms. The van der Waals surface area contributed by atoms with Crippen molar-refractivity contribution in [3.8, 4) is 11.5 Å². The Balaban J connectivity index is 2.63. The molecule has 0 radical (unpaired) electrons. The summed E-state index contributed by atoms with van der Waals surface area (Å²) in [5, 5.41) is 12.0. The van der Waals surface area contributed by atoms with Crippen molar-refractivity contribution in [2.45, 2.75) is 38.7 Å². The van der Waals surface area contributed by atoms with Crippen LogP contribution >= 0.6 is 0 Å². The molecule has 3 atom stereocenters. The average Bonchev–Trinajstić information content (AvgIpc) is 1.93. The van der Waals surface area contributed by atoms with E-state index in [-0.39, 0.29) is 17.9 Å². The van der Waals surface area contributed by atoms with Crippen LogP contribution in [0, 0.1) is 17.4 Å². The number of amides is 1. The van der Waals surface area contributed by atoms with Gasteiger partial charge in [-0.15, -0.1) is 5.54 Å². The lowest BCUT2D eigenvalue weighted by atomic mass is 9.87. The second kappa shape index (κ2) is 3.75. The standard InChI is InChI=1S/C10H17NO2Si/c1-7(12)9-8(11-10(9)13)5-6-14(2,3)4/h7-9,12H,1-4H3,(H,11,13)/t7-,8?,9?/m1/s1. The monoisotopic (exact) mass is 211 g/mol. The molecule has 1 aliphatic heterocycles. The third kappa shape index (κ3) is 2.60. The quantitative estimate of drug-likeness (QED) is 0.374. The van der Waals surface area contributed by atoms with E-state index in [4.69, 9.17) is 0 Å². The fraction of sp³-hybridized carbons (Fsp3) is 0.700. The van der Waals surface area contributed by atoms with Gasteiger partial charge in [-0.2, -0.15) is 0 Å². The van der Waals surface area contributed by atoms with E-state index in [0.717, 1.165) is 0 Å². The molecule has 0 saturated carbocycles. The van der Waals surface area contributed by atoms with Crippen LogP contribution in [0.4, 0.5) is 0 Å². The maximum atomic E-state index is 11.1. The van der Waals surface area contributed by atoms with Crippen molar-refractivity contribution >= 4 is 14.0 Å². The summed E-state index contributed by atoms with van der Waals surface area (Å²) in [7, 11) is -1.38. The minimum absolute atomic E-state index is 0.0881. The Hall–Kier alpha value is -0.793. The second-order valence-electron chi connectivity index (χ2n) is 4.77. The third-order valence-corrected chi connectivity index (χ3v) is 2.98. The minimum Gasteiger partial charge on any atom is -0.392 e. The van der Waals surface area contributed by atoms with Crippen molar-refractivity contribution in [2.75, 3.05) is 0 Å². The molecule has 0 aromatic carbocycles. The lowest BCUT2D eigenvalue weighted by molar-refractivity contribution is -0.138. The number of carbonyl (C=O) groups excluding carboxylic acids is 1. The molecule has 1 fully saturated rings. The predicted octanol–water partition coefficient (Wildman–Crippen LogP) is 0.363. The molecule has 3 nitrogen and oxygen atoms in total. The number of carbonyl (C=O) groups is 1. The summed E-state index contributed by atoms with van der Waals surface area (Å²) in [5.74, 6) is 2.62. The van der Waals surface area contributed by atoms with Crippen LogP contribution in [0.2, 0.25) is 19.6 Å². The van der Waals surface area contributed by atoms with Crippen molar-refractivity contribution in [2.24, 2.45) is 5.92 Å². The average molecular weight is 211 g/mol. The molecule has 1 amide bonds. The first kappa shape index (κ1) is 11.3.